The molecule has 0 aromatic heterocycles. The highest BCUT2D eigenvalue weighted by molar-refractivity contribution is 5.87. The number of carboxylic acids is 1. The molecule has 0 aliphatic heterocycles. The van der Waals surface area contributed by atoms with Gasteiger partial charge in [0, 0.05) is 18.5 Å². The molecule has 0 radical (unpaired) electrons. The molecule has 0 bridgehead atoms. The van der Waals surface area contributed by atoms with E-state index in [2.05, 4.69) is 5.32 Å². The maximum Gasteiger partial charge on any atom is 0.335 e. The van der Waals surface area contributed by atoms with E-state index < -0.39 is 5.97 Å². The summed E-state index contributed by atoms with van der Waals surface area (Å²) in [5.74, 6) is -1.11. The smallest absolute Gasteiger partial charge is 0.335 e. The number of halogens is 1. The van der Waals surface area contributed by atoms with Crippen molar-refractivity contribution < 1.29 is 14.3 Å². The number of benzene rings is 2. The van der Waals surface area contributed by atoms with Crippen LogP contribution in [0.4, 0.5) is 4.39 Å². The lowest BCUT2D eigenvalue weighted by molar-refractivity contribution is 0.0696. The highest BCUT2D eigenvalue weighted by atomic mass is 19.1. The number of hydrogen-bond acceptors (Lipinski definition) is 2. The zero-order valence-electron chi connectivity index (χ0n) is 14.3. The molecule has 4 heteroatoms. The van der Waals surface area contributed by atoms with Gasteiger partial charge in [0.05, 0.1) is 5.56 Å². The van der Waals surface area contributed by atoms with Crippen LogP contribution in [0.3, 0.4) is 0 Å². The van der Waals surface area contributed by atoms with E-state index in [0.29, 0.717) is 12.1 Å². The van der Waals surface area contributed by atoms with Crippen molar-refractivity contribution in [3.05, 3.63) is 71.0 Å². The second-order valence-corrected chi connectivity index (χ2v) is 6.96. The van der Waals surface area contributed by atoms with Gasteiger partial charge in [-0.15, -0.1) is 0 Å². The molecular formula is C21H24FNO2. The molecule has 2 aromatic carbocycles. The molecule has 0 heterocycles. The van der Waals surface area contributed by atoms with Gasteiger partial charge < -0.3 is 10.4 Å². The Balaban J connectivity index is 1.70. The lowest BCUT2D eigenvalue weighted by Gasteiger charge is -2.38. The summed E-state index contributed by atoms with van der Waals surface area (Å²) in [7, 11) is 0. The van der Waals surface area contributed by atoms with Crippen molar-refractivity contribution >= 4 is 5.97 Å². The van der Waals surface area contributed by atoms with Crippen molar-refractivity contribution in [1.29, 1.82) is 0 Å². The summed E-state index contributed by atoms with van der Waals surface area (Å²) >= 11 is 0. The minimum Gasteiger partial charge on any atom is -0.478 e. The largest absolute Gasteiger partial charge is 0.478 e. The van der Waals surface area contributed by atoms with Gasteiger partial charge in [-0.1, -0.05) is 43.5 Å². The molecule has 1 aliphatic carbocycles. The van der Waals surface area contributed by atoms with Gasteiger partial charge in [0.25, 0.3) is 0 Å². The molecule has 0 saturated heterocycles. The van der Waals surface area contributed by atoms with Crippen molar-refractivity contribution in [2.75, 3.05) is 6.54 Å². The summed E-state index contributed by atoms with van der Waals surface area (Å²) in [6.45, 7) is 1.44. The number of carbonyl (C=O) groups is 1. The van der Waals surface area contributed by atoms with Gasteiger partial charge in [-0.3, -0.25) is 0 Å². The quantitative estimate of drug-likeness (QED) is 0.812. The van der Waals surface area contributed by atoms with Gasteiger partial charge in [-0.2, -0.15) is 0 Å². The molecule has 1 aliphatic rings. The Hall–Kier alpha value is -2.20. The van der Waals surface area contributed by atoms with Crippen molar-refractivity contribution in [3.8, 4) is 0 Å². The van der Waals surface area contributed by atoms with Crippen LogP contribution in [0.1, 0.15) is 53.6 Å². The maximum absolute atomic E-state index is 13.3. The number of carboxylic acid groups (broad SMARTS) is 1. The Morgan fingerprint density at radius 1 is 1.08 bits per heavy atom. The van der Waals surface area contributed by atoms with Crippen LogP contribution in [0.2, 0.25) is 0 Å². The van der Waals surface area contributed by atoms with Crippen LogP contribution in [-0.4, -0.2) is 17.6 Å². The third kappa shape index (κ3) is 4.26. The molecule has 2 aromatic rings. The number of hydrogen-bond donors (Lipinski definition) is 2. The molecule has 3 rings (SSSR count). The first-order valence-corrected chi connectivity index (χ1v) is 8.88. The Morgan fingerprint density at radius 2 is 1.80 bits per heavy atom. The fourth-order valence-corrected chi connectivity index (χ4v) is 3.86. The van der Waals surface area contributed by atoms with Gasteiger partial charge >= 0.3 is 5.97 Å². The first-order valence-electron chi connectivity index (χ1n) is 8.88. The number of nitrogens with one attached hydrogen (secondary N) is 1. The molecule has 2 N–H and O–H groups in total. The highest BCUT2D eigenvalue weighted by Gasteiger charge is 2.33. The molecule has 0 unspecified atom stereocenters. The minimum atomic E-state index is -0.906. The lowest BCUT2D eigenvalue weighted by atomic mass is 9.69. The molecule has 1 saturated carbocycles. The molecule has 132 valence electrons. The van der Waals surface area contributed by atoms with Crippen LogP contribution in [0, 0.1) is 5.82 Å². The van der Waals surface area contributed by atoms with Crippen molar-refractivity contribution in [3.63, 3.8) is 0 Å². The molecule has 0 spiro atoms. The topological polar surface area (TPSA) is 49.3 Å². The second-order valence-electron chi connectivity index (χ2n) is 6.96. The summed E-state index contributed by atoms with van der Waals surface area (Å²) < 4.78 is 13.3. The third-order valence-corrected chi connectivity index (χ3v) is 5.23. The zero-order chi connectivity index (χ0) is 17.7. The average molecular weight is 341 g/mol. The van der Waals surface area contributed by atoms with Crippen LogP contribution in [0.15, 0.2) is 48.5 Å². The summed E-state index contributed by atoms with van der Waals surface area (Å²) in [5.41, 5.74) is 2.51. The van der Waals surface area contributed by atoms with Gasteiger partial charge in [0.2, 0.25) is 0 Å². The molecule has 0 amide bonds. The first kappa shape index (κ1) is 17.6. The highest BCUT2D eigenvalue weighted by Crippen LogP contribution is 2.39. The van der Waals surface area contributed by atoms with Crippen molar-refractivity contribution in [2.45, 2.75) is 44.1 Å². The Morgan fingerprint density at radius 3 is 2.48 bits per heavy atom. The van der Waals surface area contributed by atoms with E-state index >= 15 is 0 Å². The van der Waals surface area contributed by atoms with E-state index in [1.54, 1.807) is 30.3 Å². The first-order chi connectivity index (χ1) is 12.1. The number of rotatable bonds is 6. The Labute approximate surface area is 147 Å². The van der Waals surface area contributed by atoms with Crippen LogP contribution in [-0.2, 0) is 12.0 Å². The van der Waals surface area contributed by atoms with Crippen molar-refractivity contribution in [2.24, 2.45) is 0 Å². The predicted molar refractivity (Wildman–Crippen MR) is 96.3 cm³/mol. The fourth-order valence-electron chi connectivity index (χ4n) is 3.86. The summed E-state index contributed by atoms with van der Waals surface area (Å²) in [6, 6.07) is 13.9. The van der Waals surface area contributed by atoms with E-state index in [-0.39, 0.29) is 11.2 Å². The standard InChI is InChI=1S/C21H24FNO2/c22-19-9-7-18(8-10-19)21(11-2-1-3-12-21)15-23-14-16-5-4-6-17(13-16)20(24)25/h4-10,13,23H,1-3,11-12,14-15H2,(H,24,25). The summed E-state index contributed by atoms with van der Waals surface area (Å²) in [5, 5.41) is 12.6. The average Bonchev–Trinajstić information content (AvgIpc) is 2.63. The van der Waals surface area contributed by atoms with Gasteiger partial charge in [-0.05, 0) is 48.2 Å². The molecule has 0 atom stereocenters. The van der Waals surface area contributed by atoms with Crippen LogP contribution in [0.5, 0.6) is 0 Å². The van der Waals surface area contributed by atoms with E-state index in [4.69, 9.17) is 5.11 Å². The van der Waals surface area contributed by atoms with Gasteiger partial charge in [-0.25, -0.2) is 9.18 Å². The fraction of sp³-hybridized carbons (Fsp3) is 0.381. The predicted octanol–water partition coefficient (Wildman–Crippen LogP) is 4.52. The monoisotopic (exact) mass is 341 g/mol. The molecule has 25 heavy (non-hydrogen) atoms. The van der Waals surface area contributed by atoms with Crippen LogP contribution < -0.4 is 5.32 Å². The second kappa shape index (κ2) is 7.79. The van der Waals surface area contributed by atoms with Gasteiger partial charge in [0.1, 0.15) is 5.82 Å². The van der Waals surface area contributed by atoms with E-state index in [1.807, 2.05) is 18.2 Å². The molecular weight excluding hydrogens is 317 g/mol. The number of aromatic carboxylic acids is 1. The lowest BCUT2D eigenvalue weighted by Crippen LogP contribution is -2.39. The van der Waals surface area contributed by atoms with E-state index in [0.717, 1.165) is 24.9 Å². The molecule has 1 fully saturated rings. The zero-order valence-corrected chi connectivity index (χ0v) is 14.3. The maximum atomic E-state index is 13.3. The summed E-state index contributed by atoms with van der Waals surface area (Å²) in [4.78, 5) is 11.1. The van der Waals surface area contributed by atoms with Gasteiger partial charge in [0.15, 0.2) is 0 Å². The van der Waals surface area contributed by atoms with Crippen LogP contribution >= 0.6 is 0 Å². The van der Waals surface area contributed by atoms with Crippen molar-refractivity contribution in [1.82, 2.24) is 5.32 Å². The Kier molecular flexibility index (Phi) is 5.49. The van der Waals surface area contributed by atoms with E-state index in [9.17, 15) is 9.18 Å². The SMILES string of the molecule is O=C(O)c1cccc(CNCC2(c3ccc(F)cc3)CCCCC2)c1. The Bertz CT molecular complexity index is 721. The summed E-state index contributed by atoms with van der Waals surface area (Å²) in [6.07, 6.45) is 5.83. The minimum absolute atomic E-state index is 0.0381. The third-order valence-electron chi connectivity index (χ3n) is 5.23. The van der Waals surface area contributed by atoms with E-state index in [1.165, 1.54) is 24.8 Å². The molecule has 3 nitrogen and oxygen atoms in total. The normalized spacial score (nSPS) is 16.5. The van der Waals surface area contributed by atoms with Crippen LogP contribution in [0.25, 0.3) is 0 Å².